The molecule has 1 saturated heterocycles. The van der Waals surface area contributed by atoms with Gasteiger partial charge < -0.3 is 10.1 Å². The van der Waals surface area contributed by atoms with Crippen molar-refractivity contribution >= 4 is 11.8 Å². The molecular formula is C9H13NOS. The highest BCUT2D eigenvalue weighted by Gasteiger charge is 2.10. The SMILES string of the molecule is C=CSC#CCC1COCCN1. The van der Waals surface area contributed by atoms with E-state index in [0.29, 0.717) is 6.04 Å². The highest BCUT2D eigenvalue weighted by Crippen LogP contribution is 1.99. The molecule has 12 heavy (non-hydrogen) atoms. The highest BCUT2D eigenvalue weighted by atomic mass is 32.2. The minimum Gasteiger partial charge on any atom is -0.378 e. The van der Waals surface area contributed by atoms with Gasteiger partial charge in [0.15, 0.2) is 0 Å². The third-order valence-electron chi connectivity index (χ3n) is 1.56. The summed E-state index contributed by atoms with van der Waals surface area (Å²) < 4.78 is 5.28. The third kappa shape index (κ3) is 3.82. The van der Waals surface area contributed by atoms with Crippen LogP contribution in [-0.2, 0) is 4.74 Å². The summed E-state index contributed by atoms with van der Waals surface area (Å²) in [7, 11) is 0. The Morgan fingerprint density at radius 2 is 2.67 bits per heavy atom. The molecule has 0 aromatic carbocycles. The van der Waals surface area contributed by atoms with E-state index in [-0.39, 0.29) is 0 Å². The van der Waals surface area contributed by atoms with E-state index in [1.54, 1.807) is 5.41 Å². The van der Waals surface area contributed by atoms with Crippen LogP contribution in [0, 0.1) is 11.2 Å². The molecule has 1 N–H and O–H groups in total. The number of hydrogen-bond donors (Lipinski definition) is 1. The third-order valence-corrected chi connectivity index (χ3v) is 1.99. The summed E-state index contributed by atoms with van der Waals surface area (Å²) >= 11 is 1.43. The lowest BCUT2D eigenvalue weighted by Crippen LogP contribution is -2.40. The van der Waals surface area contributed by atoms with Gasteiger partial charge in [-0.05, 0) is 22.4 Å². The van der Waals surface area contributed by atoms with Crippen molar-refractivity contribution in [3.05, 3.63) is 12.0 Å². The Kier molecular flexibility index (Phi) is 4.93. The van der Waals surface area contributed by atoms with E-state index in [9.17, 15) is 0 Å². The molecule has 1 fully saturated rings. The van der Waals surface area contributed by atoms with E-state index in [1.165, 1.54) is 11.8 Å². The van der Waals surface area contributed by atoms with Gasteiger partial charge in [-0.1, -0.05) is 12.5 Å². The first-order valence-electron chi connectivity index (χ1n) is 3.99. The number of nitrogens with one attached hydrogen (secondary N) is 1. The first-order valence-corrected chi connectivity index (χ1v) is 4.87. The Morgan fingerprint density at radius 3 is 3.33 bits per heavy atom. The first-order chi connectivity index (χ1) is 5.93. The summed E-state index contributed by atoms with van der Waals surface area (Å²) in [6.07, 6.45) is 0.862. The average Bonchev–Trinajstić information content (AvgIpc) is 2.14. The van der Waals surface area contributed by atoms with Crippen molar-refractivity contribution in [3.63, 3.8) is 0 Å². The van der Waals surface area contributed by atoms with Crippen LogP contribution in [0.5, 0.6) is 0 Å². The quantitative estimate of drug-likeness (QED) is 0.650. The molecule has 66 valence electrons. The van der Waals surface area contributed by atoms with Gasteiger partial charge in [0, 0.05) is 19.0 Å². The Bertz CT molecular complexity index is 188. The van der Waals surface area contributed by atoms with Gasteiger partial charge in [0.2, 0.25) is 0 Å². The lowest BCUT2D eigenvalue weighted by atomic mass is 10.2. The van der Waals surface area contributed by atoms with Crippen LogP contribution < -0.4 is 5.32 Å². The normalized spacial score (nSPS) is 22.5. The Labute approximate surface area is 77.7 Å². The molecule has 1 aliphatic rings. The molecule has 1 heterocycles. The standard InChI is InChI=1S/C9H13NOS/c1-2-12-7-3-4-9-8-11-6-5-10-9/h2,9-10H,1,4-6,8H2. The molecule has 0 aliphatic carbocycles. The molecular weight excluding hydrogens is 170 g/mol. The summed E-state index contributed by atoms with van der Waals surface area (Å²) in [6.45, 7) is 6.12. The van der Waals surface area contributed by atoms with Crippen LogP contribution in [0.2, 0.25) is 0 Å². The number of thioether (sulfide) groups is 1. The van der Waals surface area contributed by atoms with Crippen molar-refractivity contribution in [3.8, 4) is 11.2 Å². The summed E-state index contributed by atoms with van der Waals surface area (Å²) in [6, 6.07) is 0.414. The van der Waals surface area contributed by atoms with Gasteiger partial charge >= 0.3 is 0 Å². The minimum absolute atomic E-state index is 0.414. The maximum Gasteiger partial charge on any atom is 0.0629 e. The molecule has 0 saturated carbocycles. The fraction of sp³-hybridized carbons (Fsp3) is 0.556. The average molecular weight is 183 g/mol. The molecule has 1 unspecified atom stereocenters. The molecule has 2 nitrogen and oxygen atoms in total. The van der Waals surface area contributed by atoms with Crippen LogP contribution in [0.25, 0.3) is 0 Å². The van der Waals surface area contributed by atoms with E-state index in [2.05, 4.69) is 23.1 Å². The van der Waals surface area contributed by atoms with Gasteiger partial charge in [0.25, 0.3) is 0 Å². The molecule has 1 atom stereocenters. The van der Waals surface area contributed by atoms with Crippen LogP contribution in [0.3, 0.4) is 0 Å². The largest absolute Gasteiger partial charge is 0.378 e. The van der Waals surface area contributed by atoms with Crippen LogP contribution in [0.1, 0.15) is 6.42 Å². The lowest BCUT2D eigenvalue weighted by molar-refractivity contribution is 0.0784. The molecule has 0 spiro atoms. The van der Waals surface area contributed by atoms with Crippen LogP contribution in [0.15, 0.2) is 12.0 Å². The van der Waals surface area contributed by atoms with E-state index >= 15 is 0 Å². The van der Waals surface area contributed by atoms with Crippen molar-refractivity contribution in [2.45, 2.75) is 12.5 Å². The predicted molar refractivity (Wildman–Crippen MR) is 52.8 cm³/mol. The second kappa shape index (κ2) is 6.13. The highest BCUT2D eigenvalue weighted by molar-refractivity contribution is 8.06. The van der Waals surface area contributed by atoms with Crippen molar-refractivity contribution in [1.82, 2.24) is 5.32 Å². The van der Waals surface area contributed by atoms with Crippen molar-refractivity contribution in [2.24, 2.45) is 0 Å². The zero-order chi connectivity index (χ0) is 8.65. The number of rotatable bonds is 2. The summed E-state index contributed by atoms with van der Waals surface area (Å²) in [4.78, 5) is 0. The van der Waals surface area contributed by atoms with Gasteiger partial charge in [-0.3, -0.25) is 0 Å². The first kappa shape index (κ1) is 9.66. The monoisotopic (exact) mass is 183 g/mol. The van der Waals surface area contributed by atoms with E-state index < -0.39 is 0 Å². The zero-order valence-corrected chi connectivity index (χ0v) is 7.82. The molecule has 1 rings (SSSR count). The smallest absolute Gasteiger partial charge is 0.0629 e. The van der Waals surface area contributed by atoms with Gasteiger partial charge in [0.1, 0.15) is 0 Å². The number of hydrogen-bond acceptors (Lipinski definition) is 3. The van der Waals surface area contributed by atoms with Crippen molar-refractivity contribution < 1.29 is 4.74 Å². The van der Waals surface area contributed by atoms with Crippen LogP contribution >= 0.6 is 11.8 Å². The lowest BCUT2D eigenvalue weighted by Gasteiger charge is -2.21. The fourth-order valence-corrected chi connectivity index (χ4v) is 1.25. The van der Waals surface area contributed by atoms with Crippen molar-refractivity contribution in [2.75, 3.05) is 19.8 Å². The molecule has 0 aromatic heterocycles. The maximum atomic E-state index is 5.28. The van der Waals surface area contributed by atoms with Crippen LogP contribution in [0.4, 0.5) is 0 Å². The van der Waals surface area contributed by atoms with Gasteiger partial charge in [-0.25, -0.2) is 0 Å². The van der Waals surface area contributed by atoms with Crippen molar-refractivity contribution in [1.29, 1.82) is 0 Å². The molecule has 0 amide bonds. The minimum atomic E-state index is 0.414. The second-order valence-electron chi connectivity index (χ2n) is 2.49. The summed E-state index contributed by atoms with van der Waals surface area (Å²) in [5.41, 5.74) is 0. The molecule has 0 radical (unpaired) electrons. The predicted octanol–water partition coefficient (Wildman–Crippen LogP) is 1.20. The fourth-order valence-electron chi connectivity index (χ4n) is 0.999. The van der Waals surface area contributed by atoms with E-state index in [4.69, 9.17) is 4.74 Å². The summed E-state index contributed by atoms with van der Waals surface area (Å²) in [5, 5.41) is 8.00. The maximum absolute atomic E-state index is 5.28. The molecule has 0 bridgehead atoms. The van der Waals surface area contributed by atoms with E-state index in [1.807, 2.05) is 0 Å². The van der Waals surface area contributed by atoms with Gasteiger partial charge in [-0.15, -0.1) is 0 Å². The van der Waals surface area contributed by atoms with Crippen LogP contribution in [-0.4, -0.2) is 25.8 Å². The molecule has 1 aliphatic heterocycles. The molecule has 3 heteroatoms. The van der Waals surface area contributed by atoms with Gasteiger partial charge in [-0.2, -0.15) is 0 Å². The second-order valence-corrected chi connectivity index (χ2v) is 3.27. The van der Waals surface area contributed by atoms with E-state index in [0.717, 1.165) is 26.2 Å². The Hall–Kier alpha value is -0.430. The van der Waals surface area contributed by atoms with Gasteiger partial charge in [0.05, 0.1) is 13.2 Å². The Morgan fingerprint density at radius 1 is 1.75 bits per heavy atom. The Balaban J connectivity index is 2.13. The molecule has 0 aromatic rings. The summed E-state index contributed by atoms with van der Waals surface area (Å²) in [5.74, 6) is 3.06. The zero-order valence-electron chi connectivity index (χ0n) is 7.01. The number of ether oxygens (including phenoxy) is 1. The topological polar surface area (TPSA) is 21.3 Å². The number of morpholine rings is 1.